The van der Waals surface area contributed by atoms with E-state index in [1.54, 1.807) is 0 Å². The van der Waals surface area contributed by atoms with Gasteiger partial charge in [0.15, 0.2) is 0 Å². The molecule has 18 heavy (non-hydrogen) atoms. The van der Waals surface area contributed by atoms with Crippen LogP contribution in [0.2, 0.25) is 0 Å². The number of hydrogen-bond donors (Lipinski definition) is 2. The number of nitrogens with one attached hydrogen (secondary N) is 1. The molecule has 0 spiro atoms. The van der Waals surface area contributed by atoms with Gasteiger partial charge in [-0.25, -0.2) is 0 Å². The van der Waals surface area contributed by atoms with E-state index >= 15 is 0 Å². The van der Waals surface area contributed by atoms with Crippen LogP contribution in [0.5, 0.6) is 0 Å². The highest BCUT2D eigenvalue weighted by Gasteiger charge is 2.34. The monoisotopic (exact) mass is 257 g/mol. The number of rotatable bonds is 6. The number of carboxylic acids is 1. The molecule has 4 heteroatoms. The standard InChI is InChI=1S/C14H27NO3/c1-7-8-14(5,6)15-11(16)9-10(12(17)18)13(2,3)4/h10H,7-9H2,1-6H3,(H,15,16)(H,17,18). The molecule has 1 atom stereocenters. The van der Waals surface area contributed by atoms with Gasteiger partial charge in [-0.2, -0.15) is 0 Å². The predicted molar refractivity (Wildman–Crippen MR) is 72.3 cm³/mol. The fourth-order valence-corrected chi connectivity index (χ4v) is 2.07. The van der Waals surface area contributed by atoms with Crippen molar-refractivity contribution in [1.29, 1.82) is 0 Å². The van der Waals surface area contributed by atoms with Gasteiger partial charge in [0.1, 0.15) is 0 Å². The maximum Gasteiger partial charge on any atom is 0.307 e. The van der Waals surface area contributed by atoms with Crippen LogP contribution in [0, 0.1) is 11.3 Å². The molecular formula is C14H27NO3. The van der Waals surface area contributed by atoms with Gasteiger partial charge in [-0.15, -0.1) is 0 Å². The summed E-state index contributed by atoms with van der Waals surface area (Å²) < 4.78 is 0. The molecular weight excluding hydrogens is 230 g/mol. The zero-order chi connectivity index (χ0) is 14.6. The topological polar surface area (TPSA) is 66.4 Å². The lowest BCUT2D eigenvalue weighted by molar-refractivity contribution is -0.148. The van der Waals surface area contributed by atoms with Crippen LogP contribution in [0.15, 0.2) is 0 Å². The minimum absolute atomic E-state index is 0.0337. The Morgan fingerprint density at radius 3 is 2.00 bits per heavy atom. The third kappa shape index (κ3) is 6.03. The number of carbonyl (C=O) groups excluding carboxylic acids is 1. The average Bonchev–Trinajstić information content (AvgIpc) is 2.10. The zero-order valence-corrected chi connectivity index (χ0v) is 12.5. The smallest absolute Gasteiger partial charge is 0.307 e. The summed E-state index contributed by atoms with van der Waals surface area (Å²) in [7, 11) is 0. The van der Waals surface area contributed by atoms with Gasteiger partial charge >= 0.3 is 5.97 Å². The van der Waals surface area contributed by atoms with E-state index in [1.165, 1.54) is 0 Å². The second kappa shape index (κ2) is 6.21. The first-order valence-electron chi connectivity index (χ1n) is 6.53. The van der Waals surface area contributed by atoms with E-state index in [0.717, 1.165) is 12.8 Å². The Morgan fingerprint density at radius 2 is 1.67 bits per heavy atom. The zero-order valence-electron chi connectivity index (χ0n) is 12.5. The summed E-state index contributed by atoms with van der Waals surface area (Å²) >= 11 is 0. The van der Waals surface area contributed by atoms with E-state index in [-0.39, 0.29) is 17.9 Å². The summed E-state index contributed by atoms with van der Waals surface area (Å²) in [5.41, 5.74) is -0.690. The number of carbonyl (C=O) groups is 2. The van der Waals surface area contributed by atoms with E-state index in [9.17, 15) is 14.7 Å². The van der Waals surface area contributed by atoms with Gasteiger partial charge in [0.05, 0.1) is 5.92 Å². The van der Waals surface area contributed by atoms with Crippen LogP contribution in [0.25, 0.3) is 0 Å². The summed E-state index contributed by atoms with van der Waals surface area (Å²) in [6, 6.07) is 0. The number of amides is 1. The molecule has 1 amide bonds. The van der Waals surface area contributed by atoms with Crippen LogP contribution in [0.4, 0.5) is 0 Å². The molecule has 0 radical (unpaired) electrons. The van der Waals surface area contributed by atoms with Crippen molar-refractivity contribution in [3.05, 3.63) is 0 Å². The highest BCUT2D eigenvalue weighted by molar-refractivity contribution is 5.83. The summed E-state index contributed by atoms with van der Waals surface area (Å²) in [4.78, 5) is 23.1. The van der Waals surface area contributed by atoms with Crippen molar-refractivity contribution in [2.75, 3.05) is 0 Å². The molecule has 0 saturated carbocycles. The molecule has 0 aliphatic heterocycles. The largest absolute Gasteiger partial charge is 0.481 e. The highest BCUT2D eigenvalue weighted by Crippen LogP contribution is 2.29. The van der Waals surface area contributed by atoms with Gasteiger partial charge in [0, 0.05) is 12.0 Å². The lowest BCUT2D eigenvalue weighted by atomic mass is 9.78. The highest BCUT2D eigenvalue weighted by atomic mass is 16.4. The molecule has 1 unspecified atom stereocenters. The molecule has 0 aromatic carbocycles. The molecule has 106 valence electrons. The van der Waals surface area contributed by atoms with Crippen molar-refractivity contribution in [3.63, 3.8) is 0 Å². The lowest BCUT2D eigenvalue weighted by Gasteiger charge is -2.30. The van der Waals surface area contributed by atoms with Gasteiger partial charge in [0.25, 0.3) is 0 Å². The van der Waals surface area contributed by atoms with Crippen LogP contribution >= 0.6 is 0 Å². The molecule has 0 aromatic heterocycles. The van der Waals surface area contributed by atoms with Crippen molar-refractivity contribution < 1.29 is 14.7 Å². The van der Waals surface area contributed by atoms with E-state index < -0.39 is 17.3 Å². The molecule has 0 aliphatic carbocycles. The minimum Gasteiger partial charge on any atom is -0.481 e. The minimum atomic E-state index is -0.911. The molecule has 0 fully saturated rings. The van der Waals surface area contributed by atoms with Gasteiger partial charge in [-0.3, -0.25) is 9.59 Å². The van der Waals surface area contributed by atoms with Gasteiger partial charge in [0.2, 0.25) is 5.91 Å². The summed E-state index contributed by atoms with van der Waals surface area (Å²) in [5.74, 6) is -1.75. The maximum absolute atomic E-state index is 11.9. The van der Waals surface area contributed by atoms with Crippen LogP contribution in [0.1, 0.15) is 60.8 Å². The van der Waals surface area contributed by atoms with Crippen LogP contribution < -0.4 is 5.32 Å². The third-order valence-electron chi connectivity index (χ3n) is 3.09. The van der Waals surface area contributed by atoms with Crippen LogP contribution in [-0.2, 0) is 9.59 Å². The summed E-state index contributed by atoms with van der Waals surface area (Å²) in [6.07, 6.45) is 1.90. The molecule has 2 N–H and O–H groups in total. The Labute approximate surface area is 110 Å². The second-order valence-electron chi connectivity index (χ2n) is 6.64. The molecule has 0 saturated heterocycles. The maximum atomic E-state index is 11.9. The van der Waals surface area contributed by atoms with Crippen molar-refractivity contribution >= 4 is 11.9 Å². The Kier molecular flexibility index (Phi) is 5.84. The van der Waals surface area contributed by atoms with E-state index in [0.29, 0.717) is 0 Å². The van der Waals surface area contributed by atoms with Gasteiger partial charge in [-0.1, -0.05) is 34.1 Å². The molecule has 0 aliphatic rings. The van der Waals surface area contributed by atoms with Crippen molar-refractivity contribution in [3.8, 4) is 0 Å². The fraction of sp³-hybridized carbons (Fsp3) is 0.857. The van der Waals surface area contributed by atoms with Gasteiger partial charge < -0.3 is 10.4 Å². The molecule has 0 heterocycles. The van der Waals surface area contributed by atoms with Crippen LogP contribution in [-0.4, -0.2) is 22.5 Å². The number of hydrogen-bond acceptors (Lipinski definition) is 2. The average molecular weight is 257 g/mol. The lowest BCUT2D eigenvalue weighted by Crippen LogP contribution is -2.45. The fourth-order valence-electron chi connectivity index (χ4n) is 2.07. The van der Waals surface area contributed by atoms with E-state index in [1.807, 2.05) is 34.6 Å². The molecule has 4 nitrogen and oxygen atoms in total. The number of aliphatic carboxylic acids is 1. The SMILES string of the molecule is CCCC(C)(C)NC(=O)CC(C(=O)O)C(C)(C)C. The quantitative estimate of drug-likeness (QED) is 0.769. The Balaban J connectivity index is 4.59. The molecule has 0 bridgehead atoms. The van der Waals surface area contributed by atoms with Crippen LogP contribution in [0.3, 0.4) is 0 Å². The normalized spacial score (nSPS) is 14.1. The third-order valence-corrected chi connectivity index (χ3v) is 3.09. The van der Waals surface area contributed by atoms with Crippen molar-refractivity contribution in [2.45, 2.75) is 66.3 Å². The first-order valence-corrected chi connectivity index (χ1v) is 6.53. The number of carboxylic acid groups (broad SMARTS) is 1. The van der Waals surface area contributed by atoms with Gasteiger partial charge in [-0.05, 0) is 25.7 Å². The van der Waals surface area contributed by atoms with Crippen molar-refractivity contribution in [2.24, 2.45) is 11.3 Å². The van der Waals surface area contributed by atoms with E-state index in [2.05, 4.69) is 12.2 Å². The summed E-state index contributed by atoms with van der Waals surface area (Å²) in [5, 5.41) is 12.1. The Morgan fingerprint density at radius 1 is 1.17 bits per heavy atom. The Bertz CT molecular complexity index is 303. The first kappa shape index (κ1) is 16.9. The van der Waals surface area contributed by atoms with Crippen molar-refractivity contribution in [1.82, 2.24) is 5.32 Å². The Hall–Kier alpha value is -1.06. The predicted octanol–water partition coefficient (Wildman–Crippen LogP) is 2.82. The second-order valence-corrected chi connectivity index (χ2v) is 6.64. The molecule has 0 aromatic rings. The van der Waals surface area contributed by atoms with E-state index in [4.69, 9.17) is 0 Å². The first-order chi connectivity index (χ1) is 7.99. The molecule has 0 rings (SSSR count). The summed E-state index contributed by atoms with van der Waals surface area (Å²) in [6.45, 7) is 11.5.